The van der Waals surface area contributed by atoms with E-state index in [0.29, 0.717) is 11.3 Å². The van der Waals surface area contributed by atoms with Crippen molar-refractivity contribution < 1.29 is 8.78 Å². The maximum absolute atomic E-state index is 12.6. The third-order valence-corrected chi connectivity index (χ3v) is 2.03. The summed E-state index contributed by atoms with van der Waals surface area (Å²) in [6.07, 6.45) is -0.994. The second kappa shape index (κ2) is 3.01. The van der Waals surface area contributed by atoms with Crippen LogP contribution in [0, 0.1) is 13.8 Å². The van der Waals surface area contributed by atoms with E-state index in [2.05, 4.69) is 10.1 Å². The van der Waals surface area contributed by atoms with Crippen LogP contribution in [0.25, 0.3) is 5.65 Å². The highest BCUT2D eigenvalue weighted by Gasteiger charge is 2.14. The minimum absolute atomic E-state index is 0.111. The van der Waals surface area contributed by atoms with Crippen molar-refractivity contribution in [1.82, 2.24) is 14.6 Å². The zero-order chi connectivity index (χ0) is 10.3. The van der Waals surface area contributed by atoms with Crippen molar-refractivity contribution in [3.05, 3.63) is 29.2 Å². The third-order valence-electron chi connectivity index (χ3n) is 2.03. The quantitative estimate of drug-likeness (QED) is 0.702. The van der Waals surface area contributed by atoms with Gasteiger partial charge < -0.3 is 0 Å². The molecular formula is C9H9F2N3. The number of halogens is 2. The summed E-state index contributed by atoms with van der Waals surface area (Å²) in [5, 5.41) is 3.85. The molecule has 0 aliphatic rings. The summed E-state index contributed by atoms with van der Waals surface area (Å²) in [7, 11) is 0. The minimum atomic E-state index is -2.53. The monoisotopic (exact) mass is 197 g/mol. The maximum Gasteiger partial charge on any atom is 0.280 e. The van der Waals surface area contributed by atoms with Crippen LogP contribution in [0.15, 0.2) is 12.3 Å². The standard InChI is InChI=1S/C9H9F2N3/c1-5-4-12-14-7(8(10)11)3-6(2)13-9(5)14/h3-4,8H,1-2H3. The van der Waals surface area contributed by atoms with Crippen molar-refractivity contribution in [2.24, 2.45) is 0 Å². The van der Waals surface area contributed by atoms with E-state index in [1.165, 1.54) is 16.8 Å². The molecule has 5 heteroatoms. The van der Waals surface area contributed by atoms with Crippen LogP contribution in [-0.2, 0) is 0 Å². The average Bonchev–Trinajstić information content (AvgIpc) is 2.47. The Balaban J connectivity index is 2.82. The Morgan fingerprint density at radius 3 is 2.71 bits per heavy atom. The number of fused-ring (bicyclic) bond motifs is 1. The van der Waals surface area contributed by atoms with Gasteiger partial charge in [-0.2, -0.15) is 5.10 Å². The van der Waals surface area contributed by atoms with Gasteiger partial charge in [-0.1, -0.05) is 0 Å². The fourth-order valence-electron chi connectivity index (χ4n) is 1.38. The Labute approximate surface area is 79.4 Å². The first kappa shape index (κ1) is 9.05. The highest BCUT2D eigenvalue weighted by molar-refractivity contribution is 5.47. The summed E-state index contributed by atoms with van der Waals surface area (Å²) in [5.41, 5.74) is 1.77. The number of aryl methyl sites for hydroxylation is 2. The summed E-state index contributed by atoms with van der Waals surface area (Å²) in [6, 6.07) is 1.35. The van der Waals surface area contributed by atoms with Crippen molar-refractivity contribution in [1.29, 1.82) is 0 Å². The van der Waals surface area contributed by atoms with Crippen LogP contribution in [0.5, 0.6) is 0 Å². The van der Waals surface area contributed by atoms with E-state index in [1.807, 2.05) is 0 Å². The van der Waals surface area contributed by atoms with Crippen LogP contribution in [0.3, 0.4) is 0 Å². The lowest BCUT2D eigenvalue weighted by atomic mass is 10.3. The van der Waals surface area contributed by atoms with Gasteiger partial charge in [-0.15, -0.1) is 0 Å². The van der Waals surface area contributed by atoms with Gasteiger partial charge in [0, 0.05) is 11.3 Å². The second-order valence-electron chi connectivity index (χ2n) is 3.19. The molecule has 0 amide bonds. The summed E-state index contributed by atoms with van der Waals surface area (Å²) in [5.74, 6) is 0. The number of hydrogen-bond acceptors (Lipinski definition) is 2. The lowest BCUT2D eigenvalue weighted by Crippen LogP contribution is -2.02. The summed E-state index contributed by atoms with van der Waals surface area (Å²) in [4.78, 5) is 4.15. The lowest BCUT2D eigenvalue weighted by Gasteiger charge is -2.04. The molecule has 2 aromatic heterocycles. The molecule has 0 fully saturated rings. The molecule has 0 bridgehead atoms. The van der Waals surface area contributed by atoms with Crippen LogP contribution in [0.4, 0.5) is 8.78 Å². The van der Waals surface area contributed by atoms with Crippen molar-refractivity contribution in [3.8, 4) is 0 Å². The molecule has 2 rings (SSSR count). The highest BCUT2D eigenvalue weighted by atomic mass is 19.3. The fraction of sp³-hybridized carbons (Fsp3) is 0.333. The molecule has 74 valence electrons. The van der Waals surface area contributed by atoms with Gasteiger partial charge in [-0.05, 0) is 19.9 Å². The Morgan fingerprint density at radius 1 is 1.36 bits per heavy atom. The maximum atomic E-state index is 12.6. The van der Waals surface area contributed by atoms with Crippen LogP contribution in [0.1, 0.15) is 23.4 Å². The molecule has 0 aliphatic heterocycles. The molecule has 0 aromatic carbocycles. The molecule has 3 nitrogen and oxygen atoms in total. The summed E-state index contributed by atoms with van der Waals surface area (Å²) in [6.45, 7) is 3.49. The van der Waals surface area contributed by atoms with Gasteiger partial charge in [0.05, 0.1) is 6.20 Å². The Kier molecular flexibility index (Phi) is 1.94. The van der Waals surface area contributed by atoms with E-state index in [4.69, 9.17) is 0 Å². The molecule has 0 radical (unpaired) electrons. The van der Waals surface area contributed by atoms with Crippen molar-refractivity contribution in [3.63, 3.8) is 0 Å². The molecule has 0 saturated heterocycles. The lowest BCUT2D eigenvalue weighted by molar-refractivity contribution is 0.143. The third kappa shape index (κ3) is 1.25. The van der Waals surface area contributed by atoms with Crippen LogP contribution in [0.2, 0.25) is 0 Å². The van der Waals surface area contributed by atoms with E-state index in [9.17, 15) is 8.78 Å². The van der Waals surface area contributed by atoms with Crippen LogP contribution >= 0.6 is 0 Å². The molecule has 2 aromatic rings. The average molecular weight is 197 g/mol. The van der Waals surface area contributed by atoms with E-state index >= 15 is 0 Å². The number of alkyl halides is 2. The van der Waals surface area contributed by atoms with E-state index in [-0.39, 0.29) is 5.69 Å². The zero-order valence-electron chi connectivity index (χ0n) is 7.83. The van der Waals surface area contributed by atoms with Crippen LogP contribution in [-0.4, -0.2) is 14.6 Å². The fourth-order valence-corrected chi connectivity index (χ4v) is 1.38. The van der Waals surface area contributed by atoms with Crippen molar-refractivity contribution in [2.45, 2.75) is 20.3 Å². The first-order chi connectivity index (χ1) is 6.59. The minimum Gasteiger partial charge on any atom is -0.234 e. The molecule has 0 atom stereocenters. The number of aromatic nitrogens is 3. The normalized spacial score (nSPS) is 11.5. The molecule has 0 spiro atoms. The number of hydrogen-bond donors (Lipinski definition) is 0. The van der Waals surface area contributed by atoms with E-state index in [1.54, 1.807) is 13.8 Å². The Morgan fingerprint density at radius 2 is 2.07 bits per heavy atom. The molecule has 14 heavy (non-hydrogen) atoms. The molecule has 0 unspecified atom stereocenters. The van der Waals surface area contributed by atoms with Gasteiger partial charge in [0.15, 0.2) is 5.65 Å². The molecule has 2 heterocycles. The largest absolute Gasteiger partial charge is 0.280 e. The van der Waals surface area contributed by atoms with E-state index < -0.39 is 6.43 Å². The Bertz CT molecular complexity index is 476. The molecular weight excluding hydrogens is 188 g/mol. The summed E-state index contributed by atoms with van der Waals surface area (Å²) < 4.78 is 26.4. The van der Waals surface area contributed by atoms with E-state index in [0.717, 1.165) is 5.56 Å². The van der Waals surface area contributed by atoms with Gasteiger partial charge in [-0.3, -0.25) is 0 Å². The second-order valence-corrected chi connectivity index (χ2v) is 3.19. The summed E-state index contributed by atoms with van der Waals surface area (Å²) >= 11 is 0. The van der Waals surface area contributed by atoms with Gasteiger partial charge in [0.2, 0.25) is 0 Å². The highest BCUT2D eigenvalue weighted by Crippen LogP contribution is 2.20. The SMILES string of the molecule is Cc1cc(C(F)F)n2ncc(C)c2n1. The molecule has 0 aliphatic carbocycles. The first-order valence-corrected chi connectivity index (χ1v) is 4.19. The van der Waals surface area contributed by atoms with Crippen LogP contribution < -0.4 is 0 Å². The Hall–Kier alpha value is -1.52. The molecule has 0 saturated carbocycles. The number of nitrogens with zero attached hydrogens (tertiary/aromatic N) is 3. The first-order valence-electron chi connectivity index (χ1n) is 4.19. The predicted octanol–water partition coefficient (Wildman–Crippen LogP) is 2.28. The topological polar surface area (TPSA) is 30.2 Å². The molecule has 0 N–H and O–H groups in total. The van der Waals surface area contributed by atoms with Gasteiger partial charge in [0.25, 0.3) is 6.43 Å². The van der Waals surface area contributed by atoms with Gasteiger partial charge >= 0.3 is 0 Å². The van der Waals surface area contributed by atoms with Gasteiger partial charge in [0.1, 0.15) is 5.69 Å². The smallest absolute Gasteiger partial charge is 0.234 e. The zero-order valence-corrected chi connectivity index (χ0v) is 7.83. The number of rotatable bonds is 1. The predicted molar refractivity (Wildman–Crippen MR) is 47.4 cm³/mol. The van der Waals surface area contributed by atoms with Gasteiger partial charge in [-0.25, -0.2) is 18.3 Å². The van der Waals surface area contributed by atoms with Crippen molar-refractivity contribution >= 4 is 5.65 Å². The van der Waals surface area contributed by atoms with Crippen molar-refractivity contribution in [2.75, 3.05) is 0 Å².